The van der Waals surface area contributed by atoms with Crippen LogP contribution in [0.2, 0.25) is 5.02 Å². The van der Waals surface area contributed by atoms with Crippen LogP contribution in [0.3, 0.4) is 0 Å². The van der Waals surface area contributed by atoms with Crippen LogP contribution in [-0.2, 0) is 6.42 Å². The summed E-state index contributed by atoms with van der Waals surface area (Å²) in [4.78, 5) is 3.57. The first kappa shape index (κ1) is 14.1. The van der Waals surface area contributed by atoms with Gasteiger partial charge in [-0.15, -0.1) is 0 Å². The van der Waals surface area contributed by atoms with E-state index in [0.29, 0.717) is 0 Å². The lowest BCUT2D eigenvalue weighted by atomic mass is 9.98. The Morgan fingerprint density at radius 1 is 0.783 bits per heavy atom. The molecule has 23 heavy (non-hydrogen) atoms. The minimum Gasteiger partial charge on any atom is -0.354 e. The third kappa shape index (κ3) is 2.76. The van der Waals surface area contributed by atoms with Crippen LogP contribution in [-0.4, -0.2) is 4.98 Å². The number of halogens is 1. The van der Waals surface area contributed by atoms with E-state index >= 15 is 0 Å². The summed E-state index contributed by atoms with van der Waals surface area (Å²) >= 11 is 6.24. The van der Waals surface area contributed by atoms with E-state index in [2.05, 4.69) is 65.6 Å². The molecule has 112 valence electrons. The highest BCUT2D eigenvalue weighted by Crippen LogP contribution is 2.33. The van der Waals surface area contributed by atoms with Crippen molar-refractivity contribution in [3.05, 3.63) is 95.0 Å². The lowest BCUT2D eigenvalue weighted by molar-refractivity contribution is 1.21. The summed E-state index contributed by atoms with van der Waals surface area (Å²) in [6, 6.07) is 27.0. The molecule has 0 aliphatic heterocycles. The number of hydrogen-bond donors (Lipinski definition) is 1. The smallest absolute Gasteiger partial charge is 0.0500 e. The first-order valence-electron chi connectivity index (χ1n) is 7.71. The lowest BCUT2D eigenvalue weighted by Gasteiger charge is -2.06. The van der Waals surface area contributed by atoms with Gasteiger partial charge >= 0.3 is 0 Å². The number of hydrogen-bond acceptors (Lipinski definition) is 0. The molecule has 4 rings (SSSR count). The highest BCUT2D eigenvalue weighted by Gasteiger charge is 2.13. The Hall–Kier alpha value is -2.51. The van der Waals surface area contributed by atoms with E-state index in [1.165, 1.54) is 27.8 Å². The molecular formula is C21H16ClN. The Bertz CT molecular complexity index is 940. The molecule has 0 radical (unpaired) electrons. The van der Waals surface area contributed by atoms with Gasteiger partial charge in [0.2, 0.25) is 0 Å². The van der Waals surface area contributed by atoms with Gasteiger partial charge in [-0.3, -0.25) is 0 Å². The van der Waals surface area contributed by atoms with Crippen molar-refractivity contribution < 1.29 is 0 Å². The maximum Gasteiger partial charge on any atom is 0.0500 e. The summed E-state index contributed by atoms with van der Waals surface area (Å²) in [7, 11) is 0. The third-order valence-electron chi connectivity index (χ3n) is 4.15. The molecule has 3 aromatic carbocycles. The molecule has 0 amide bonds. The predicted octanol–water partition coefficient (Wildman–Crippen LogP) is 6.08. The Balaban J connectivity index is 1.93. The third-order valence-corrected chi connectivity index (χ3v) is 4.39. The lowest BCUT2D eigenvalue weighted by Crippen LogP contribution is -1.90. The van der Waals surface area contributed by atoms with Gasteiger partial charge in [0.05, 0.1) is 5.69 Å². The molecule has 4 aromatic rings. The van der Waals surface area contributed by atoms with Crippen molar-refractivity contribution in [2.45, 2.75) is 6.42 Å². The van der Waals surface area contributed by atoms with Gasteiger partial charge in [-0.2, -0.15) is 0 Å². The molecular weight excluding hydrogens is 302 g/mol. The van der Waals surface area contributed by atoms with Gasteiger partial charge < -0.3 is 4.98 Å². The average Bonchev–Trinajstić information content (AvgIpc) is 2.95. The normalized spacial score (nSPS) is 11.0. The minimum absolute atomic E-state index is 0.769. The fourth-order valence-corrected chi connectivity index (χ4v) is 3.23. The average molecular weight is 318 g/mol. The summed E-state index contributed by atoms with van der Waals surface area (Å²) in [6.45, 7) is 0. The van der Waals surface area contributed by atoms with E-state index in [1.54, 1.807) is 0 Å². The number of nitrogens with one attached hydrogen (secondary N) is 1. The van der Waals surface area contributed by atoms with Gasteiger partial charge in [-0.1, -0.05) is 72.3 Å². The summed E-state index contributed by atoms with van der Waals surface area (Å²) in [6.07, 6.45) is 0.880. The molecule has 1 nitrogen and oxygen atoms in total. The molecule has 0 fully saturated rings. The summed E-state index contributed by atoms with van der Waals surface area (Å²) in [5.41, 5.74) is 6.09. The van der Waals surface area contributed by atoms with E-state index in [1.807, 2.05) is 18.2 Å². The number of rotatable bonds is 3. The van der Waals surface area contributed by atoms with Crippen LogP contribution in [0, 0.1) is 0 Å². The van der Waals surface area contributed by atoms with Crippen molar-refractivity contribution in [2.75, 3.05) is 0 Å². The minimum atomic E-state index is 0.769. The van der Waals surface area contributed by atoms with Crippen molar-refractivity contribution in [2.24, 2.45) is 0 Å². The van der Waals surface area contributed by atoms with E-state index < -0.39 is 0 Å². The van der Waals surface area contributed by atoms with Crippen molar-refractivity contribution in [1.82, 2.24) is 4.98 Å². The van der Waals surface area contributed by atoms with E-state index in [0.717, 1.165) is 17.0 Å². The molecule has 0 atom stereocenters. The molecule has 1 heterocycles. The molecule has 0 spiro atoms. The Kier molecular flexibility index (Phi) is 3.64. The molecule has 0 bridgehead atoms. The fraction of sp³-hybridized carbons (Fsp3) is 0.0476. The maximum absolute atomic E-state index is 6.24. The number of H-pyrrole nitrogens is 1. The van der Waals surface area contributed by atoms with E-state index in [9.17, 15) is 0 Å². The van der Waals surface area contributed by atoms with Crippen LogP contribution < -0.4 is 0 Å². The molecule has 0 unspecified atom stereocenters. The van der Waals surface area contributed by atoms with Gasteiger partial charge in [0, 0.05) is 22.3 Å². The van der Waals surface area contributed by atoms with E-state index in [4.69, 9.17) is 11.6 Å². The van der Waals surface area contributed by atoms with Gasteiger partial charge in [-0.25, -0.2) is 0 Å². The zero-order valence-corrected chi connectivity index (χ0v) is 13.3. The Labute approximate surface area is 140 Å². The van der Waals surface area contributed by atoms with Gasteiger partial charge in [-0.05, 0) is 34.9 Å². The maximum atomic E-state index is 6.24. The van der Waals surface area contributed by atoms with Crippen LogP contribution in [0.5, 0.6) is 0 Å². The van der Waals surface area contributed by atoms with Crippen LogP contribution in [0.25, 0.3) is 22.2 Å². The van der Waals surface area contributed by atoms with Crippen LogP contribution in [0.15, 0.2) is 78.9 Å². The number of aromatic nitrogens is 1. The molecule has 1 N–H and O–H groups in total. The Morgan fingerprint density at radius 3 is 2.22 bits per heavy atom. The quantitative estimate of drug-likeness (QED) is 0.471. The zero-order valence-electron chi connectivity index (χ0n) is 12.6. The fourth-order valence-electron chi connectivity index (χ4n) is 3.05. The second-order valence-corrected chi connectivity index (χ2v) is 6.13. The highest BCUT2D eigenvalue weighted by molar-refractivity contribution is 6.31. The van der Waals surface area contributed by atoms with Crippen molar-refractivity contribution >= 4 is 22.5 Å². The van der Waals surface area contributed by atoms with Gasteiger partial charge in [0.1, 0.15) is 0 Å². The van der Waals surface area contributed by atoms with Crippen LogP contribution >= 0.6 is 11.6 Å². The highest BCUT2D eigenvalue weighted by atomic mass is 35.5. The zero-order chi connectivity index (χ0) is 15.6. The molecule has 0 saturated carbocycles. The molecule has 0 saturated heterocycles. The van der Waals surface area contributed by atoms with Crippen molar-refractivity contribution in [3.63, 3.8) is 0 Å². The molecule has 1 aromatic heterocycles. The van der Waals surface area contributed by atoms with Crippen LogP contribution in [0.4, 0.5) is 0 Å². The SMILES string of the molecule is Clc1ccc2[nH]c(-c3ccccc3)c(Cc3ccccc3)c2c1. The van der Waals surface area contributed by atoms with Gasteiger partial charge in [0.15, 0.2) is 0 Å². The second kappa shape index (κ2) is 5.94. The summed E-state index contributed by atoms with van der Waals surface area (Å²) in [5.74, 6) is 0. The van der Waals surface area contributed by atoms with Crippen molar-refractivity contribution in [1.29, 1.82) is 0 Å². The number of benzene rings is 3. The first-order valence-corrected chi connectivity index (χ1v) is 8.08. The van der Waals surface area contributed by atoms with E-state index in [-0.39, 0.29) is 0 Å². The summed E-state index contributed by atoms with van der Waals surface area (Å²) < 4.78 is 0. The summed E-state index contributed by atoms with van der Waals surface area (Å²) in [5, 5.41) is 1.96. The number of fused-ring (bicyclic) bond motifs is 1. The molecule has 0 aliphatic carbocycles. The first-order chi connectivity index (χ1) is 11.3. The predicted molar refractivity (Wildman–Crippen MR) is 98.0 cm³/mol. The molecule has 0 aliphatic rings. The largest absolute Gasteiger partial charge is 0.354 e. The van der Waals surface area contributed by atoms with Gasteiger partial charge in [0.25, 0.3) is 0 Å². The Morgan fingerprint density at radius 2 is 1.48 bits per heavy atom. The standard InChI is InChI=1S/C21H16ClN/c22-17-11-12-20-18(14-17)19(13-15-7-3-1-4-8-15)21(23-20)16-9-5-2-6-10-16/h1-12,14,23H,13H2. The number of aromatic amines is 1. The van der Waals surface area contributed by atoms with Crippen LogP contribution in [0.1, 0.15) is 11.1 Å². The molecule has 2 heteroatoms. The monoisotopic (exact) mass is 317 g/mol. The topological polar surface area (TPSA) is 15.8 Å². The second-order valence-electron chi connectivity index (χ2n) is 5.70. The van der Waals surface area contributed by atoms with Crippen molar-refractivity contribution in [3.8, 4) is 11.3 Å².